The first-order valence-electron chi connectivity index (χ1n) is 41.6. The molecule has 0 aliphatic heterocycles. The maximum Gasteiger partial charge on any atom is 0.142 e. The molecular formula is C96H124O2S5. The molecule has 11 rings (SSSR count). The number of carbonyl (C=O) groups is 2. The minimum atomic E-state index is -0.644. The van der Waals surface area contributed by atoms with Gasteiger partial charge >= 0.3 is 0 Å². The monoisotopic (exact) mass is 1470 g/mol. The molecule has 5 aromatic heterocycles. The second-order valence-corrected chi connectivity index (χ2v) is 36.6. The van der Waals surface area contributed by atoms with Crippen molar-refractivity contribution in [1.82, 2.24) is 0 Å². The Labute approximate surface area is 643 Å². The van der Waals surface area contributed by atoms with E-state index in [4.69, 9.17) is 0 Å². The zero-order valence-electron chi connectivity index (χ0n) is 64.5. The molecule has 0 saturated heterocycles. The van der Waals surface area contributed by atoms with Gasteiger partial charge in [0.1, 0.15) is 12.6 Å². The van der Waals surface area contributed by atoms with Gasteiger partial charge in [-0.05, 0) is 136 Å². The molecule has 103 heavy (non-hydrogen) atoms. The molecule has 0 spiro atoms. The fourth-order valence-corrected chi connectivity index (χ4v) is 25.3. The first-order valence-corrected chi connectivity index (χ1v) is 45.7. The van der Waals surface area contributed by atoms with E-state index < -0.39 is 10.8 Å². The number of aldehydes is 2. The van der Waals surface area contributed by atoms with Crippen LogP contribution in [0.15, 0.2) is 121 Å². The van der Waals surface area contributed by atoms with Gasteiger partial charge in [0.15, 0.2) is 0 Å². The molecule has 4 atom stereocenters. The fraction of sp³-hybridized carbons (Fsp3) is 0.521. The molecule has 5 heterocycles. The summed E-state index contributed by atoms with van der Waals surface area (Å²) < 4.78 is 5.48. The quantitative estimate of drug-likeness (QED) is 0.0216. The topological polar surface area (TPSA) is 34.1 Å². The number of hydrogen-bond acceptors (Lipinski definition) is 7. The predicted octanol–water partition coefficient (Wildman–Crippen LogP) is 30.7. The van der Waals surface area contributed by atoms with Crippen molar-refractivity contribution in [3.05, 3.63) is 198 Å². The molecule has 0 N–H and O–H groups in total. The maximum absolute atomic E-state index is 12.3. The van der Waals surface area contributed by atoms with Gasteiger partial charge in [0.2, 0.25) is 0 Å². The summed E-state index contributed by atoms with van der Waals surface area (Å²) in [4.78, 5) is 32.2. The van der Waals surface area contributed by atoms with Crippen LogP contribution in [0.3, 0.4) is 0 Å². The van der Waals surface area contributed by atoms with Gasteiger partial charge in [0, 0.05) is 31.1 Å². The summed E-state index contributed by atoms with van der Waals surface area (Å²) in [6, 6.07) is 45.7. The Morgan fingerprint density at radius 3 is 0.951 bits per heavy atom. The minimum absolute atomic E-state index is 0.633. The summed E-state index contributed by atoms with van der Waals surface area (Å²) in [7, 11) is 0. The van der Waals surface area contributed by atoms with Crippen LogP contribution in [0.1, 0.15) is 337 Å². The molecule has 2 aliphatic rings. The van der Waals surface area contributed by atoms with E-state index in [9.17, 15) is 9.59 Å². The van der Waals surface area contributed by atoms with Gasteiger partial charge in [-0.15, -0.1) is 56.7 Å². The average molecular weight is 1470 g/mol. The van der Waals surface area contributed by atoms with Crippen LogP contribution in [-0.4, -0.2) is 12.6 Å². The summed E-state index contributed by atoms with van der Waals surface area (Å²) in [5.74, 6) is 2.74. The van der Waals surface area contributed by atoms with E-state index in [1.54, 1.807) is 12.2 Å². The molecule has 2 nitrogen and oxygen atoms in total. The molecule has 9 aromatic rings. The van der Waals surface area contributed by atoms with E-state index in [2.05, 4.69) is 193 Å². The predicted molar refractivity (Wildman–Crippen MR) is 458 cm³/mol. The van der Waals surface area contributed by atoms with E-state index in [0.717, 1.165) is 48.0 Å². The van der Waals surface area contributed by atoms with E-state index >= 15 is 0 Å². The Bertz CT molecular complexity index is 3970. The molecule has 550 valence electrons. The van der Waals surface area contributed by atoms with Crippen LogP contribution in [0.2, 0.25) is 0 Å². The molecule has 4 unspecified atom stereocenters. The first kappa shape index (κ1) is 78.8. The third-order valence-electron chi connectivity index (χ3n) is 23.6. The van der Waals surface area contributed by atoms with Crippen molar-refractivity contribution in [2.24, 2.45) is 23.7 Å². The van der Waals surface area contributed by atoms with E-state index in [0.29, 0.717) is 23.7 Å². The Hall–Kier alpha value is -5.28. The van der Waals surface area contributed by atoms with Crippen molar-refractivity contribution < 1.29 is 9.59 Å². The van der Waals surface area contributed by atoms with Crippen LogP contribution in [0, 0.1) is 23.7 Å². The Kier molecular flexibility index (Phi) is 30.2. The lowest BCUT2D eigenvalue weighted by atomic mass is 9.67. The fourth-order valence-electron chi connectivity index (χ4n) is 18.1. The molecule has 0 saturated carbocycles. The highest BCUT2D eigenvalue weighted by Gasteiger charge is 2.56. The smallest absolute Gasteiger partial charge is 0.142 e. The third kappa shape index (κ3) is 18.1. The largest absolute Gasteiger partial charge is 0.299 e. The van der Waals surface area contributed by atoms with Gasteiger partial charge in [-0.2, -0.15) is 0 Å². The summed E-state index contributed by atoms with van der Waals surface area (Å²) >= 11 is 9.88. The summed E-state index contributed by atoms with van der Waals surface area (Å²) in [6.07, 6.45) is 55.3. The van der Waals surface area contributed by atoms with Crippen molar-refractivity contribution in [2.75, 3.05) is 0 Å². The van der Waals surface area contributed by atoms with Crippen LogP contribution in [0.4, 0.5) is 0 Å². The van der Waals surface area contributed by atoms with Crippen LogP contribution in [0.5, 0.6) is 0 Å². The van der Waals surface area contributed by atoms with Crippen LogP contribution < -0.4 is 0 Å². The molecule has 2 aliphatic carbocycles. The van der Waals surface area contributed by atoms with Gasteiger partial charge in [-0.1, -0.05) is 358 Å². The second kappa shape index (κ2) is 39.5. The van der Waals surface area contributed by atoms with E-state index in [1.807, 2.05) is 40.1 Å². The third-order valence-corrected chi connectivity index (χ3v) is 30.0. The van der Waals surface area contributed by atoms with Gasteiger partial charge in [-0.3, -0.25) is 9.59 Å². The lowest BCUT2D eigenvalue weighted by molar-refractivity contribution is -0.104. The molecule has 0 amide bonds. The number of hydrogen-bond donors (Lipinski definition) is 0. The lowest BCUT2D eigenvalue weighted by Crippen LogP contribution is -2.29. The summed E-state index contributed by atoms with van der Waals surface area (Å²) in [6.45, 7) is 18.8. The number of carbonyl (C=O) groups excluding carboxylic acids is 2. The van der Waals surface area contributed by atoms with Crippen molar-refractivity contribution in [2.45, 2.75) is 297 Å². The Morgan fingerprint density at radius 2 is 0.602 bits per heavy atom. The molecular weight excluding hydrogens is 1350 g/mol. The first-order chi connectivity index (χ1) is 50.6. The summed E-state index contributed by atoms with van der Waals surface area (Å²) in [5.41, 5.74) is 15.6. The second-order valence-electron chi connectivity index (χ2n) is 31.3. The number of benzene rings is 4. The van der Waals surface area contributed by atoms with Crippen LogP contribution in [0.25, 0.3) is 50.5 Å². The van der Waals surface area contributed by atoms with Crippen LogP contribution in [-0.2, 0) is 46.1 Å². The highest BCUT2D eigenvalue weighted by molar-refractivity contribution is 7.36. The maximum atomic E-state index is 12.3. The van der Waals surface area contributed by atoms with Crippen molar-refractivity contribution in [1.29, 1.82) is 0 Å². The molecule has 0 fully saturated rings. The Balaban J connectivity index is 1.16. The summed E-state index contributed by atoms with van der Waals surface area (Å²) in [5, 5.41) is 0. The lowest BCUT2D eigenvalue weighted by Gasteiger charge is -2.34. The number of allylic oxidation sites excluding steroid dienone is 2. The van der Waals surface area contributed by atoms with Gasteiger partial charge in [-0.25, -0.2) is 0 Å². The van der Waals surface area contributed by atoms with Crippen molar-refractivity contribution >= 4 is 100 Å². The van der Waals surface area contributed by atoms with E-state index in [1.165, 1.54) is 311 Å². The zero-order chi connectivity index (χ0) is 72.0. The number of rotatable bonds is 48. The standard InChI is InChI=1S/C96H124O2S5/c1-9-17-25-29-39-69(35-21-13-5)63-73-45-53-77(54-46-73)95(78-55-47-74(48-56-78)64-70(36-22-14-6)40-30-26-18-10-2)83-67-81(43-33-61-97)99-88(83)90-86(95)92-94(102-90)87-93(103-92)91-85(89-84(101-91)68-82(100-89)44-34-62-98)96(87,79-57-49-75(50-58-79)65-71(37-23-15-7)41-31-27-19-11-3)80-59-51-76(52-60-80)66-72(38-24-16-8)42-32-28-20-12-4/h33-34,43-62,67-72H,9-32,35-42,63-66H2,1-8H3/b43-33+,44-34+. The van der Waals surface area contributed by atoms with Gasteiger partial charge < -0.3 is 0 Å². The van der Waals surface area contributed by atoms with Crippen LogP contribution >= 0.6 is 56.7 Å². The molecule has 7 heteroatoms. The van der Waals surface area contributed by atoms with Crippen molar-refractivity contribution in [3.8, 4) is 19.5 Å². The number of thiophene rings is 5. The van der Waals surface area contributed by atoms with E-state index in [-0.39, 0.29) is 0 Å². The highest BCUT2D eigenvalue weighted by atomic mass is 32.1. The molecule has 0 bridgehead atoms. The zero-order valence-corrected chi connectivity index (χ0v) is 68.6. The van der Waals surface area contributed by atoms with Gasteiger partial charge in [0.25, 0.3) is 0 Å². The van der Waals surface area contributed by atoms with Gasteiger partial charge in [0.05, 0.1) is 44.4 Å². The normalized spacial score (nSPS) is 16.7. The minimum Gasteiger partial charge on any atom is -0.299 e. The average Bonchev–Trinajstić information content (AvgIpc) is 1.49. The number of fused-ring (bicyclic) bond motifs is 11. The Morgan fingerprint density at radius 1 is 0.301 bits per heavy atom. The SMILES string of the molecule is CCCCCCC(CCCC)Cc1ccc(C2(c3ccc(CC(CCCC)CCCCCC)cc3)c3cc(/C=C/C=O)sc3-c3sc4c5c(sc4c32)-c2sc3cc(/C=C/C=O)sc3c2C5(c2ccc(CC(CCCC)CCCCCC)cc2)c2ccc(CC(CCCC)CCCCCC)cc2)cc1. The van der Waals surface area contributed by atoms with Crippen molar-refractivity contribution in [3.63, 3.8) is 0 Å². The number of unbranched alkanes of at least 4 members (excludes halogenated alkanes) is 16. The molecule has 4 aromatic carbocycles. The highest BCUT2D eigenvalue weighted by Crippen LogP contribution is 2.71. The molecule has 0 radical (unpaired) electrons.